The molecule has 0 atom stereocenters. The Balaban J connectivity index is 1.87. The van der Waals surface area contributed by atoms with Crippen molar-refractivity contribution in [2.45, 2.75) is 52.5 Å². The van der Waals surface area contributed by atoms with E-state index in [1.54, 1.807) is 7.11 Å². The minimum Gasteiger partial charge on any atom is -0.478 e. The van der Waals surface area contributed by atoms with Crippen molar-refractivity contribution in [1.82, 2.24) is 15.6 Å². The zero-order valence-electron chi connectivity index (χ0n) is 16.5. The monoisotopic (exact) mass is 362 g/mol. The first-order valence-electron chi connectivity index (χ1n) is 9.80. The summed E-state index contributed by atoms with van der Waals surface area (Å²) in [6.45, 7) is 8.09. The lowest BCUT2D eigenvalue weighted by molar-refractivity contribution is 0.0732. The first kappa shape index (κ1) is 20.5. The fourth-order valence-electron chi connectivity index (χ4n) is 3.09. The lowest BCUT2D eigenvalue weighted by atomic mass is 9.67. The second-order valence-corrected chi connectivity index (χ2v) is 7.00. The number of methoxy groups -OCH3 is 1. The van der Waals surface area contributed by atoms with Gasteiger partial charge in [0.05, 0.1) is 13.2 Å². The molecule has 0 radical (unpaired) electrons. The second kappa shape index (κ2) is 11.0. The van der Waals surface area contributed by atoms with Crippen molar-refractivity contribution in [3.8, 4) is 5.88 Å². The summed E-state index contributed by atoms with van der Waals surface area (Å²) in [4.78, 5) is 9.03. The number of hydrogen-bond donors (Lipinski definition) is 2. The Hall–Kier alpha value is -1.82. The van der Waals surface area contributed by atoms with E-state index in [2.05, 4.69) is 29.5 Å². The van der Waals surface area contributed by atoms with Crippen LogP contribution in [-0.4, -0.2) is 44.4 Å². The van der Waals surface area contributed by atoms with Crippen LogP contribution in [-0.2, 0) is 11.3 Å². The van der Waals surface area contributed by atoms with Gasteiger partial charge in [-0.25, -0.2) is 9.98 Å². The van der Waals surface area contributed by atoms with Crippen molar-refractivity contribution in [1.29, 1.82) is 0 Å². The van der Waals surface area contributed by atoms with Crippen LogP contribution >= 0.6 is 0 Å². The van der Waals surface area contributed by atoms with Crippen LogP contribution in [0, 0.1) is 5.41 Å². The third kappa shape index (κ3) is 6.48. The summed E-state index contributed by atoms with van der Waals surface area (Å²) in [5.74, 6) is 1.54. The van der Waals surface area contributed by atoms with Crippen LogP contribution in [0.3, 0.4) is 0 Å². The van der Waals surface area contributed by atoms with Crippen molar-refractivity contribution in [3.05, 3.63) is 23.9 Å². The molecule has 1 aliphatic carbocycles. The van der Waals surface area contributed by atoms with E-state index in [4.69, 9.17) is 14.5 Å². The van der Waals surface area contributed by atoms with Gasteiger partial charge < -0.3 is 20.1 Å². The van der Waals surface area contributed by atoms with Crippen LogP contribution in [0.1, 0.15) is 51.5 Å². The van der Waals surface area contributed by atoms with Gasteiger partial charge >= 0.3 is 0 Å². The molecule has 146 valence electrons. The largest absolute Gasteiger partial charge is 0.478 e. The van der Waals surface area contributed by atoms with Gasteiger partial charge in [0.1, 0.15) is 0 Å². The van der Waals surface area contributed by atoms with Crippen molar-refractivity contribution in [3.63, 3.8) is 0 Å². The average molecular weight is 363 g/mol. The second-order valence-electron chi connectivity index (χ2n) is 7.00. The van der Waals surface area contributed by atoms with E-state index >= 15 is 0 Å². The number of pyridine rings is 1. The Bertz CT molecular complexity index is 541. The number of nitrogens with one attached hydrogen (secondary N) is 2. The summed E-state index contributed by atoms with van der Waals surface area (Å²) in [7, 11) is 1.78. The Morgan fingerprint density at radius 3 is 2.65 bits per heavy atom. The Labute approximate surface area is 157 Å². The number of aromatic nitrogens is 1. The van der Waals surface area contributed by atoms with Gasteiger partial charge in [0.25, 0.3) is 0 Å². The number of hydrogen-bond acceptors (Lipinski definition) is 4. The lowest BCUT2D eigenvalue weighted by Crippen LogP contribution is -2.46. The first-order chi connectivity index (χ1) is 12.7. The minimum absolute atomic E-state index is 0.367. The van der Waals surface area contributed by atoms with Crippen molar-refractivity contribution >= 4 is 5.96 Å². The van der Waals surface area contributed by atoms with Crippen LogP contribution in [0.25, 0.3) is 0 Å². The maximum atomic E-state index is 5.52. The minimum atomic E-state index is 0.367. The fourth-order valence-corrected chi connectivity index (χ4v) is 3.09. The maximum absolute atomic E-state index is 5.52. The van der Waals surface area contributed by atoms with Gasteiger partial charge in [-0.1, -0.05) is 19.4 Å². The van der Waals surface area contributed by atoms with Gasteiger partial charge in [0.2, 0.25) is 5.88 Å². The predicted octanol–water partition coefficient (Wildman–Crippen LogP) is 3.13. The Kier molecular flexibility index (Phi) is 8.68. The number of aliphatic imine (C=N–C) groups is 1. The van der Waals surface area contributed by atoms with Crippen molar-refractivity contribution in [2.75, 3.05) is 33.4 Å². The molecule has 0 amide bonds. The van der Waals surface area contributed by atoms with E-state index in [0.717, 1.165) is 44.1 Å². The highest BCUT2D eigenvalue weighted by Gasteiger charge is 2.36. The molecule has 0 spiro atoms. The van der Waals surface area contributed by atoms with Crippen molar-refractivity contribution in [2.24, 2.45) is 10.4 Å². The van der Waals surface area contributed by atoms with Gasteiger partial charge in [0.15, 0.2) is 5.96 Å². The Morgan fingerprint density at radius 1 is 1.23 bits per heavy atom. The normalized spacial score (nSPS) is 16.0. The van der Waals surface area contributed by atoms with E-state index in [0.29, 0.717) is 24.4 Å². The number of rotatable bonds is 11. The highest BCUT2D eigenvalue weighted by atomic mass is 16.5. The van der Waals surface area contributed by atoms with E-state index in [1.807, 2.05) is 18.3 Å². The predicted molar refractivity (Wildman–Crippen MR) is 106 cm³/mol. The summed E-state index contributed by atoms with van der Waals surface area (Å²) in [5, 5.41) is 6.85. The van der Waals surface area contributed by atoms with E-state index in [-0.39, 0.29) is 0 Å². The summed E-state index contributed by atoms with van der Waals surface area (Å²) < 4.78 is 10.8. The van der Waals surface area contributed by atoms with Crippen molar-refractivity contribution < 1.29 is 9.47 Å². The molecule has 1 saturated carbocycles. The van der Waals surface area contributed by atoms with E-state index < -0.39 is 0 Å². The SMILES string of the molecule is CCCOc1ccc(CN=C(NCC)NCC2(CCOC)CCC2)cn1. The molecular weight excluding hydrogens is 328 g/mol. The summed E-state index contributed by atoms with van der Waals surface area (Å²) in [6.07, 6.45) is 7.79. The maximum Gasteiger partial charge on any atom is 0.213 e. The van der Waals surface area contributed by atoms with Gasteiger partial charge in [-0.15, -0.1) is 0 Å². The van der Waals surface area contributed by atoms with Crippen LogP contribution < -0.4 is 15.4 Å². The summed E-state index contributed by atoms with van der Waals surface area (Å²) in [6, 6.07) is 3.94. The third-order valence-electron chi connectivity index (χ3n) is 4.90. The molecule has 0 aromatic carbocycles. The molecule has 1 aromatic heterocycles. The summed E-state index contributed by atoms with van der Waals surface area (Å²) >= 11 is 0. The molecule has 0 unspecified atom stereocenters. The Morgan fingerprint density at radius 2 is 2.08 bits per heavy atom. The molecule has 26 heavy (non-hydrogen) atoms. The van der Waals surface area contributed by atoms with Gasteiger partial charge in [0, 0.05) is 39.1 Å². The molecule has 2 rings (SSSR count). The quantitative estimate of drug-likeness (QED) is 0.468. The first-order valence-corrected chi connectivity index (χ1v) is 9.80. The molecule has 6 heteroatoms. The molecule has 0 bridgehead atoms. The zero-order valence-corrected chi connectivity index (χ0v) is 16.5. The van der Waals surface area contributed by atoms with Gasteiger partial charge in [-0.05, 0) is 43.6 Å². The molecule has 6 nitrogen and oxygen atoms in total. The fraction of sp³-hybridized carbons (Fsp3) is 0.700. The smallest absolute Gasteiger partial charge is 0.213 e. The molecule has 1 heterocycles. The standard InChI is InChI=1S/C20H34N4O2/c1-4-12-26-18-8-7-17(14-22-18)15-23-19(21-5-2)24-16-20(9-6-10-20)11-13-25-3/h7-8,14H,4-6,9-13,15-16H2,1-3H3,(H2,21,23,24). The highest BCUT2D eigenvalue weighted by molar-refractivity contribution is 5.79. The molecule has 1 aromatic rings. The molecule has 0 saturated heterocycles. The number of ether oxygens (including phenoxy) is 2. The number of guanidine groups is 1. The molecule has 0 aliphatic heterocycles. The van der Waals surface area contributed by atoms with Crippen LogP contribution in [0.5, 0.6) is 5.88 Å². The third-order valence-corrected chi connectivity index (χ3v) is 4.90. The average Bonchev–Trinajstić information content (AvgIpc) is 2.64. The summed E-state index contributed by atoms with van der Waals surface area (Å²) in [5.41, 5.74) is 1.44. The molecule has 2 N–H and O–H groups in total. The highest BCUT2D eigenvalue weighted by Crippen LogP contribution is 2.43. The molecule has 1 aliphatic rings. The lowest BCUT2D eigenvalue weighted by Gasteiger charge is -2.42. The topological polar surface area (TPSA) is 67.8 Å². The van der Waals surface area contributed by atoms with Crippen LogP contribution in [0.4, 0.5) is 0 Å². The van der Waals surface area contributed by atoms with E-state index in [9.17, 15) is 0 Å². The van der Waals surface area contributed by atoms with Gasteiger partial charge in [-0.3, -0.25) is 0 Å². The zero-order chi connectivity index (χ0) is 18.7. The van der Waals surface area contributed by atoms with Crippen LogP contribution in [0.2, 0.25) is 0 Å². The molecule has 1 fully saturated rings. The van der Waals surface area contributed by atoms with E-state index in [1.165, 1.54) is 19.3 Å². The van der Waals surface area contributed by atoms with Gasteiger partial charge in [-0.2, -0.15) is 0 Å². The molecular formula is C20H34N4O2. The van der Waals surface area contributed by atoms with Crippen LogP contribution in [0.15, 0.2) is 23.3 Å². The number of nitrogens with zero attached hydrogens (tertiary/aromatic N) is 2.